The number of aliphatic imine (C=N–C) groups is 1. The highest BCUT2D eigenvalue weighted by Crippen LogP contribution is 2.25. The fourth-order valence-corrected chi connectivity index (χ4v) is 1.94. The topological polar surface area (TPSA) is 36.4 Å². The maximum atomic E-state index is 6.05. The molecule has 20 heavy (non-hydrogen) atoms. The van der Waals surface area contributed by atoms with E-state index in [4.69, 9.17) is 18.0 Å². The van der Waals surface area contributed by atoms with Gasteiger partial charge in [0, 0.05) is 17.0 Å². The Kier molecular flexibility index (Phi) is 6.41. The molecule has 108 valence electrons. The zero-order valence-electron chi connectivity index (χ0n) is 12.3. The Morgan fingerprint density at radius 1 is 1.40 bits per heavy atom. The van der Waals surface area contributed by atoms with E-state index in [1.54, 1.807) is 0 Å². The monoisotopic (exact) mass is 291 g/mol. The summed E-state index contributed by atoms with van der Waals surface area (Å²) < 4.78 is 0. The first-order valence-corrected chi connectivity index (χ1v) is 7.09. The molecular weight excluding hydrogens is 270 g/mol. The van der Waals surface area contributed by atoms with Crippen LogP contribution in [0.5, 0.6) is 0 Å². The van der Waals surface area contributed by atoms with E-state index in [0.717, 1.165) is 17.5 Å². The van der Waals surface area contributed by atoms with Crippen LogP contribution in [0.15, 0.2) is 29.3 Å². The lowest BCUT2D eigenvalue weighted by Crippen LogP contribution is -2.38. The van der Waals surface area contributed by atoms with E-state index < -0.39 is 0 Å². The normalized spacial score (nSPS) is 11.8. The largest absolute Gasteiger partial charge is 0.357 e. The van der Waals surface area contributed by atoms with Crippen molar-refractivity contribution in [1.29, 1.82) is 0 Å². The number of hydrogen-bond donors (Lipinski definition) is 2. The van der Waals surface area contributed by atoms with Crippen molar-refractivity contribution in [2.45, 2.75) is 26.2 Å². The molecule has 0 heterocycles. The zero-order valence-corrected chi connectivity index (χ0v) is 13.1. The van der Waals surface area contributed by atoms with Gasteiger partial charge in [-0.3, -0.25) is 4.99 Å². The molecule has 4 heteroatoms. The first-order valence-electron chi connectivity index (χ1n) is 6.71. The molecule has 3 nitrogen and oxygen atoms in total. The zero-order chi connectivity index (χ0) is 15.0. The summed E-state index contributed by atoms with van der Waals surface area (Å²) in [5.74, 6) is 3.28. The maximum absolute atomic E-state index is 6.05. The fraction of sp³-hybridized carbons (Fsp3) is 0.438. The molecule has 0 aliphatic carbocycles. The quantitative estimate of drug-likeness (QED) is 0.497. The van der Waals surface area contributed by atoms with Crippen molar-refractivity contribution in [3.05, 3.63) is 34.9 Å². The van der Waals surface area contributed by atoms with E-state index in [2.05, 4.69) is 41.5 Å². The smallest absolute Gasteiger partial charge is 0.192 e. The van der Waals surface area contributed by atoms with E-state index in [1.807, 2.05) is 25.1 Å². The molecule has 0 bridgehead atoms. The number of benzene rings is 1. The van der Waals surface area contributed by atoms with Gasteiger partial charge < -0.3 is 10.6 Å². The summed E-state index contributed by atoms with van der Waals surface area (Å²) in [6.45, 7) is 8.22. The molecular formula is C16H22ClN3. The lowest BCUT2D eigenvalue weighted by Gasteiger charge is -2.24. The molecule has 0 atom stereocenters. The van der Waals surface area contributed by atoms with Gasteiger partial charge in [-0.2, -0.15) is 0 Å². The molecule has 0 spiro atoms. The first kappa shape index (κ1) is 16.4. The Hall–Kier alpha value is -1.66. The molecule has 0 aromatic heterocycles. The van der Waals surface area contributed by atoms with Gasteiger partial charge in [0.2, 0.25) is 0 Å². The van der Waals surface area contributed by atoms with Gasteiger partial charge >= 0.3 is 0 Å². The Morgan fingerprint density at radius 3 is 2.75 bits per heavy atom. The minimum Gasteiger partial charge on any atom is -0.357 e. The molecule has 0 aliphatic heterocycles. The van der Waals surface area contributed by atoms with Gasteiger partial charge in [0.1, 0.15) is 0 Å². The highest BCUT2D eigenvalue weighted by Gasteiger charge is 2.20. The van der Waals surface area contributed by atoms with Crippen LogP contribution in [0.3, 0.4) is 0 Å². The summed E-state index contributed by atoms with van der Waals surface area (Å²) in [4.78, 5) is 4.58. The summed E-state index contributed by atoms with van der Waals surface area (Å²) in [5.41, 5.74) is 1.07. The van der Waals surface area contributed by atoms with E-state index in [1.165, 1.54) is 5.56 Å². The number of terminal acetylenes is 1. The minimum absolute atomic E-state index is 0.0939. The van der Waals surface area contributed by atoms with Gasteiger partial charge in [-0.05, 0) is 24.6 Å². The molecule has 0 unspecified atom stereocenters. The SMILES string of the molecule is C#CCNC(=NCC(C)(C)c1cccc(Cl)c1)NCC. The average Bonchev–Trinajstić information content (AvgIpc) is 2.42. The molecule has 2 N–H and O–H groups in total. The summed E-state index contributed by atoms with van der Waals surface area (Å²) in [6, 6.07) is 7.90. The maximum Gasteiger partial charge on any atom is 0.192 e. The number of guanidine groups is 1. The van der Waals surface area contributed by atoms with Crippen LogP contribution in [0, 0.1) is 12.3 Å². The van der Waals surface area contributed by atoms with Gasteiger partial charge in [0.15, 0.2) is 5.96 Å². The number of rotatable bonds is 5. The molecule has 0 fully saturated rings. The first-order chi connectivity index (χ1) is 9.49. The van der Waals surface area contributed by atoms with Crippen molar-refractivity contribution in [2.24, 2.45) is 4.99 Å². The molecule has 0 aliphatic rings. The third kappa shape index (κ3) is 5.14. The lowest BCUT2D eigenvalue weighted by molar-refractivity contribution is 0.538. The van der Waals surface area contributed by atoms with Crippen LogP contribution < -0.4 is 10.6 Å². The van der Waals surface area contributed by atoms with Crippen molar-refractivity contribution in [2.75, 3.05) is 19.6 Å². The van der Waals surface area contributed by atoms with Crippen LogP contribution >= 0.6 is 11.6 Å². The highest BCUT2D eigenvalue weighted by molar-refractivity contribution is 6.30. The van der Waals surface area contributed by atoms with Crippen LogP contribution in [0.2, 0.25) is 5.02 Å². The Bertz CT molecular complexity index is 501. The second kappa shape index (κ2) is 7.81. The van der Waals surface area contributed by atoms with Crippen LogP contribution in [0.1, 0.15) is 26.3 Å². The third-order valence-corrected chi connectivity index (χ3v) is 3.18. The van der Waals surface area contributed by atoms with Crippen molar-refractivity contribution < 1.29 is 0 Å². The van der Waals surface area contributed by atoms with E-state index in [9.17, 15) is 0 Å². The molecule has 1 rings (SSSR count). The fourth-order valence-electron chi connectivity index (χ4n) is 1.75. The molecule has 0 amide bonds. The van der Waals surface area contributed by atoms with Crippen molar-refractivity contribution in [3.63, 3.8) is 0 Å². The number of hydrogen-bond acceptors (Lipinski definition) is 1. The van der Waals surface area contributed by atoms with Crippen molar-refractivity contribution in [3.8, 4) is 12.3 Å². The lowest BCUT2D eigenvalue weighted by atomic mass is 9.85. The molecule has 0 saturated heterocycles. The number of nitrogens with one attached hydrogen (secondary N) is 2. The molecule has 1 aromatic rings. The molecule has 1 aromatic carbocycles. The van der Waals surface area contributed by atoms with Gasteiger partial charge in [0.05, 0.1) is 13.1 Å². The predicted octanol–water partition coefficient (Wildman–Crippen LogP) is 2.81. The van der Waals surface area contributed by atoms with Gasteiger partial charge in [-0.1, -0.05) is 43.5 Å². The van der Waals surface area contributed by atoms with Gasteiger partial charge in [0.25, 0.3) is 0 Å². The second-order valence-electron chi connectivity index (χ2n) is 5.15. The Morgan fingerprint density at radius 2 is 2.15 bits per heavy atom. The van der Waals surface area contributed by atoms with Gasteiger partial charge in [-0.25, -0.2) is 0 Å². The van der Waals surface area contributed by atoms with Crippen molar-refractivity contribution >= 4 is 17.6 Å². The molecule has 0 saturated carbocycles. The summed E-state index contributed by atoms with van der Waals surface area (Å²) in [5, 5.41) is 7.00. The van der Waals surface area contributed by atoms with Crippen LogP contribution in [0.25, 0.3) is 0 Å². The second-order valence-corrected chi connectivity index (χ2v) is 5.58. The number of nitrogens with zero attached hydrogens (tertiary/aromatic N) is 1. The Balaban J connectivity index is 2.80. The van der Waals surface area contributed by atoms with E-state index in [0.29, 0.717) is 13.1 Å². The summed E-state index contributed by atoms with van der Waals surface area (Å²) >= 11 is 6.05. The third-order valence-electron chi connectivity index (χ3n) is 2.94. The predicted molar refractivity (Wildman–Crippen MR) is 87.3 cm³/mol. The average molecular weight is 292 g/mol. The van der Waals surface area contributed by atoms with Crippen molar-refractivity contribution in [1.82, 2.24) is 10.6 Å². The van der Waals surface area contributed by atoms with Crippen LogP contribution in [-0.2, 0) is 5.41 Å². The summed E-state index contributed by atoms with van der Waals surface area (Å²) in [7, 11) is 0. The standard InChI is InChI=1S/C16H22ClN3/c1-5-10-19-15(18-6-2)20-12-16(3,4)13-8-7-9-14(17)11-13/h1,7-9,11H,6,10,12H2,2-4H3,(H2,18,19,20). The number of halogens is 1. The van der Waals surface area contributed by atoms with Gasteiger partial charge in [-0.15, -0.1) is 6.42 Å². The highest BCUT2D eigenvalue weighted by atomic mass is 35.5. The van der Waals surface area contributed by atoms with E-state index in [-0.39, 0.29) is 5.41 Å². The van der Waals surface area contributed by atoms with Crippen LogP contribution in [-0.4, -0.2) is 25.6 Å². The minimum atomic E-state index is -0.0939. The summed E-state index contributed by atoms with van der Waals surface area (Å²) in [6.07, 6.45) is 5.25. The Labute approximate surface area is 126 Å². The van der Waals surface area contributed by atoms with E-state index >= 15 is 0 Å². The van der Waals surface area contributed by atoms with Crippen LogP contribution in [0.4, 0.5) is 0 Å². The molecule has 0 radical (unpaired) electrons.